The molecule has 0 atom stereocenters. The molecule has 0 N–H and O–H groups in total. The van der Waals surface area contributed by atoms with E-state index < -0.39 is 0 Å². The molecule has 0 saturated carbocycles. The normalized spacial score (nSPS) is 11.0. The van der Waals surface area contributed by atoms with Crippen molar-refractivity contribution in [1.82, 2.24) is 5.16 Å². The van der Waals surface area contributed by atoms with Crippen LogP contribution in [0.3, 0.4) is 0 Å². The monoisotopic (exact) mass is 231 g/mol. The molecule has 1 heterocycles. The number of hydrogen-bond donors (Lipinski definition) is 0. The molecule has 0 radical (unpaired) electrons. The number of alkyl halides is 1. The van der Waals surface area contributed by atoms with E-state index in [2.05, 4.69) is 34.9 Å². The van der Waals surface area contributed by atoms with Gasteiger partial charge < -0.3 is 4.52 Å². The Morgan fingerprint density at radius 1 is 1.50 bits per heavy atom. The van der Waals surface area contributed by atoms with Crippen molar-refractivity contribution in [1.29, 1.82) is 0 Å². The van der Waals surface area contributed by atoms with Gasteiger partial charge in [0.1, 0.15) is 5.76 Å². The minimum Gasteiger partial charge on any atom is -0.360 e. The van der Waals surface area contributed by atoms with E-state index in [-0.39, 0.29) is 0 Å². The molecular weight excluding hydrogens is 218 g/mol. The molecule has 0 aliphatic carbocycles. The van der Waals surface area contributed by atoms with E-state index in [1.54, 1.807) is 0 Å². The van der Waals surface area contributed by atoms with E-state index in [9.17, 15) is 0 Å². The molecule has 0 aliphatic heterocycles. The molecule has 2 nitrogen and oxygen atoms in total. The number of halogens is 1. The molecule has 0 bridgehead atoms. The fourth-order valence-electron chi connectivity index (χ4n) is 1.29. The number of aromatic nitrogens is 1. The smallest absolute Gasteiger partial charge is 0.147 e. The molecular formula is C9H14BrNO. The van der Waals surface area contributed by atoms with E-state index in [1.165, 1.54) is 0 Å². The average Bonchev–Trinajstić information content (AvgIpc) is 2.55. The predicted octanol–water partition coefficient (Wildman–Crippen LogP) is 3.47. The second-order valence-electron chi connectivity index (χ2n) is 2.87. The lowest BCUT2D eigenvalue weighted by Gasteiger charge is -2.05. The third-order valence-corrected chi connectivity index (χ3v) is 2.67. The van der Waals surface area contributed by atoms with Gasteiger partial charge in [-0.05, 0) is 12.8 Å². The molecule has 0 spiro atoms. The molecule has 0 aromatic carbocycles. The molecule has 3 heteroatoms. The van der Waals surface area contributed by atoms with Crippen molar-refractivity contribution < 1.29 is 4.52 Å². The fraction of sp³-hybridized carbons (Fsp3) is 0.667. The van der Waals surface area contributed by atoms with Crippen molar-refractivity contribution >= 4 is 15.9 Å². The Morgan fingerprint density at radius 3 is 2.58 bits per heavy atom. The third-order valence-electron chi connectivity index (χ3n) is 2.11. The van der Waals surface area contributed by atoms with Crippen molar-refractivity contribution in [2.24, 2.45) is 0 Å². The molecule has 68 valence electrons. The van der Waals surface area contributed by atoms with E-state index >= 15 is 0 Å². The summed E-state index contributed by atoms with van der Waals surface area (Å²) in [6, 6.07) is 2.03. The van der Waals surface area contributed by atoms with Gasteiger partial charge in [-0.3, -0.25) is 0 Å². The lowest BCUT2D eigenvalue weighted by atomic mass is 10.00. The van der Waals surface area contributed by atoms with Crippen LogP contribution in [0.2, 0.25) is 0 Å². The van der Waals surface area contributed by atoms with Crippen molar-refractivity contribution in [3.8, 4) is 0 Å². The van der Waals surface area contributed by atoms with Gasteiger partial charge in [0.15, 0.2) is 0 Å². The Bertz CT molecular complexity index is 230. The van der Waals surface area contributed by atoms with Crippen LogP contribution in [0.15, 0.2) is 10.6 Å². The highest BCUT2D eigenvalue weighted by Crippen LogP contribution is 2.22. The summed E-state index contributed by atoms with van der Waals surface area (Å²) in [7, 11) is 0. The van der Waals surface area contributed by atoms with E-state index in [0.29, 0.717) is 5.92 Å². The summed E-state index contributed by atoms with van der Waals surface area (Å²) >= 11 is 3.33. The van der Waals surface area contributed by atoms with E-state index in [1.807, 2.05) is 6.07 Å². The van der Waals surface area contributed by atoms with Gasteiger partial charge in [-0.2, -0.15) is 0 Å². The van der Waals surface area contributed by atoms with Crippen molar-refractivity contribution in [3.63, 3.8) is 0 Å². The SMILES string of the molecule is CCC(CC)c1cc(CBr)on1. The van der Waals surface area contributed by atoms with Crippen LogP contribution in [0, 0.1) is 0 Å². The van der Waals surface area contributed by atoms with E-state index in [0.717, 1.165) is 29.6 Å². The molecule has 0 fully saturated rings. The van der Waals surface area contributed by atoms with Crippen LogP contribution in [0.25, 0.3) is 0 Å². The summed E-state index contributed by atoms with van der Waals surface area (Å²) in [6.07, 6.45) is 2.26. The van der Waals surface area contributed by atoms with Crippen molar-refractivity contribution in [2.75, 3.05) is 0 Å². The maximum Gasteiger partial charge on any atom is 0.147 e. The zero-order valence-corrected chi connectivity index (χ0v) is 9.10. The summed E-state index contributed by atoms with van der Waals surface area (Å²) in [6.45, 7) is 4.35. The Hall–Kier alpha value is -0.310. The Morgan fingerprint density at radius 2 is 2.17 bits per heavy atom. The van der Waals surface area contributed by atoms with Gasteiger partial charge in [0.05, 0.1) is 11.0 Å². The maximum absolute atomic E-state index is 5.10. The van der Waals surface area contributed by atoms with Gasteiger partial charge in [-0.1, -0.05) is 34.9 Å². The summed E-state index contributed by atoms with van der Waals surface area (Å²) in [5.41, 5.74) is 1.09. The number of nitrogens with zero attached hydrogens (tertiary/aromatic N) is 1. The van der Waals surface area contributed by atoms with Crippen LogP contribution in [-0.4, -0.2) is 5.16 Å². The van der Waals surface area contributed by atoms with Gasteiger partial charge in [0, 0.05) is 12.0 Å². The van der Waals surface area contributed by atoms with Crippen LogP contribution in [-0.2, 0) is 5.33 Å². The molecule has 0 unspecified atom stereocenters. The first-order valence-electron chi connectivity index (χ1n) is 4.33. The Kier molecular flexibility index (Phi) is 3.79. The lowest BCUT2D eigenvalue weighted by molar-refractivity contribution is 0.381. The third kappa shape index (κ3) is 2.09. The number of rotatable bonds is 4. The van der Waals surface area contributed by atoms with Crippen LogP contribution >= 0.6 is 15.9 Å². The highest BCUT2D eigenvalue weighted by atomic mass is 79.9. The first-order chi connectivity index (χ1) is 5.81. The van der Waals surface area contributed by atoms with Gasteiger partial charge in [-0.25, -0.2) is 0 Å². The predicted molar refractivity (Wildman–Crippen MR) is 52.5 cm³/mol. The summed E-state index contributed by atoms with van der Waals surface area (Å²) in [5.74, 6) is 1.47. The zero-order valence-electron chi connectivity index (χ0n) is 7.51. The molecule has 1 aromatic heterocycles. The minimum atomic E-state index is 0.557. The molecule has 12 heavy (non-hydrogen) atoms. The van der Waals surface area contributed by atoms with Gasteiger partial charge in [0.25, 0.3) is 0 Å². The van der Waals surface area contributed by atoms with Crippen molar-refractivity contribution in [2.45, 2.75) is 37.9 Å². The molecule has 0 amide bonds. The van der Waals surface area contributed by atoms with Gasteiger partial charge >= 0.3 is 0 Å². The second-order valence-corrected chi connectivity index (χ2v) is 3.43. The van der Waals surface area contributed by atoms with Crippen LogP contribution in [0.5, 0.6) is 0 Å². The maximum atomic E-state index is 5.10. The summed E-state index contributed by atoms with van der Waals surface area (Å²) in [5, 5.41) is 4.77. The number of hydrogen-bond acceptors (Lipinski definition) is 2. The minimum absolute atomic E-state index is 0.557. The summed E-state index contributed by atoms with van der Waals surface area (Å²) in [4.78, 5) is 0. The standard InChI is InChI=1S/C9H14BrNO/c1-3-7(4-2)9-5-8(6-10)12-11-9/h5,7H,3-4,6H2,1-2H3. The highest BCUT2D eigenvalue weighted by molar-refractivity contribution is 9.08. The fourth-order valence-corrected chi connectivity index (χ4v) is 1.56. The first-order valence-corrected chi connectivity index (χ1v) is 5.45. The zero-order chi connectivity index (χ0) is 8.97. The molecule has 1 aromatic rings. The quantitative estimate of drug-likeness (QED) is 0.743. The van der Waals surface area contributed by atoms with Crippen LogP contribution < -0.4 is 0 Å². The molecule has 0 saturated heterocycles. The van der Waals surface area contributed by atoms with Crippen molar-refractivity contribution in [3.05, 3.63) is 17.5 Å². The second kappa shape index (κ2) is 4.65. The molecule has 0 aliphatic rings. The lowest BCUT2D eigenvalue weighted by Crippen LogP contribution is -1.94. The largest absolute Gasteiger partial charge is 0.360 e. The van der Waals surface area contributed by atoms with E-state index in [4.69, 9.17) is 4.52 Å². The Labute approximate surface area is 81.5 Å². The molecule has 1 rings (SSSR count). The summed E-state index contributed by atoms with van der Waals surface area (Å²) < 4.78 is 5.10. The van der Waals surface area contributed by atoms with Crippen LogP contribution in [0.4, 0.5) is 0 Å². The highest BCUT2D eigenvalue weighted by Gasteiger charge is 2.11. The first kappa shape index (κ1) is 9.78. The van der Waals surface area contributed by atoms with Crippen LogP contribution in [0.1, 0.15) is 44.1 Å². The topological polar surface area (TPSA) is 26.0 Å². The van der Waals surface area contributed by atoms with Gasteiger partial charge in [-0.15, -0.1) is 0 Å². The Balaban J connectivity index is 2.72. The average molecular weight is 232 g/mol. The van der Waals surface area contributed by atoms with Gasteiger partial charge in [0.2, 0.25) is 0 Å².